The summed E-state index contributed by atoms with van der Waals surface area (Å²) in [6, 6.07) is 0. The van der Waals surface area contributed by atoms with Gasteiger partial charge in [-0.25, -0.2) is 19.7 Å². The van der Waals surface area contributed by atoms with E-state index in [-0.39, 0.29) is 0 Å². The first-order valence-corrected chi connectivity index (χ1v) is 6.25. The molecule has 2 amide bonds. The maximum atomic E-state index is 10.7. The lowest BCUT2D eigenvalue weighted by Crippen LogP contribution is -2.41. The third-order valence-electron chi connectivity index (χ3n) is 0.833. The Morgan fingerprint density at radius 3 is 1.33 bits per heavy atom. The van der Waals surface area contributed by atoms with E-state index >= 15 is 0 Å². The van der Waals surface area contributed by atoms with Crippen molar-refractivity contribution < 1.29 is 26.4 Å². The lowest BCUT2D eigenvalue weighted by atomic mass is 10.4. The Morgan fingerprint density at radius 1 is 0.867 bits per heavy atom. The largest absolute Gasteiger partial charge is 0.298 e. The van der Waals surface area contributed by atoms with Crippen LogP contribution in [-0.2, 0) is 30.0 Å². The first-order chi connectivity index (χ1) is 6.49. The summed E-state index contributed by atoms with van der Waals surface area (Å²) in [5, 5.41) is 8.81. The third-order valence-corrected chi connectivity index (χ3v) is 1.86. The number of carbonyl (C=O) groups excluding carboxylic acids is 2. The van der Waals surface area contributed by atoms with Crippen LogP contribution < -0.4 is 19.7 Å². The zero-order valence-corrected chi connectivity index (χ0v) is 8.76. The Balaban J connectivity index is 4.28. The Kier molecular flexibility index (Phi) is 4.15. The predicted octanol–water partition coefficient (Wildman–Crippen LogP) is -3.98. The van der Waals surface area contributed by atoms with Crippen molar-refractivity contribution in [2.24, 2.45) is 10.3 Å². The molecule has 6 N–H and O–H groups in total. The van der Waals surface area contributed by atoms with Crippen molar-refractivity contribution in [3.63, 3.8) is 0 Å². The fourth-order valence-corrected chi connectivity index (χ4v) is 1.31. The molecular weight excluding hydrogens is 252 g/mol. The molecule has 0 fully saturated rings. The molecule has 0 rings (SSSR count). The molecule has 0 aliphatic rings. The van der Waals surface area contributed by atoms with E-state index < -0.39 is 38.7 Å². The minimum atomic E-state index is -4.27. The SMILES string of the molecule is NS(=O)(=O)NC(=O)CC(=O)NS(N)(=O)=O. The molecule has 0 aromatic heterocycles. The minimum absolute atomic E-state index is 1.03. The number of rotatable bonds is 4. The fraction of sp³-hybridized carbons (Fsp3) is 0.333. The van der Waals surface area contributed by atoms with Gasteiger partial charge in [-0.3, -0.25) is 9.59 Å². The second-order valence-electron chi connectivity index (χ2n) is 2.32. The maximum absolute atomic E-state index is 10.7. The Labute approximate surface area is 85.4 Å². The van der Waals surface area contributed by atoms with Crippen LogP contribution in [0.1, 0.15) is 6.42 Å². The number of hydrogen-bond donors (Lipinski definition) is 4. The van der Waals surface area contributed by atoms with Crippen LogP contribution in [-0.4, -0.2) is 28.6 Å². The van der Waals surface area contributed by atoms with Gasteiger partial charge in [0.2, 0.25) is 11.8 Å². The van der Waals surface area contributed by atoms with Gasteiger partial charge in [0.1, 0.15) is 6.42 Å². The van der Waals surface area contributed by atoms with Crippen LogP contribution in [0.25, 0.3) is 0 Å². The lowest BCUT2D eigenvalue weighted by molar-refractivity contribution is -0.127. The smallest absolute Gasteiger partial charge is 0.273 e. The summed E-state index contributed by atoms with van der Waals surface area (Å²) in [6.07, 6.45) is -1.03. The number of carbonyl (C=O) groups is 2. The molecule has 0 aromatic rings. The summed E-state index contributed by atoms with van der Waals surface area (Å²) in [4.78, 5) is 21.4. The number of hydrogen-bond acceptors (Lipinski definition) is 6. The van der Waals surface area contributed by atoms with Gasteiger partial charge < -0.3 is 0 Å². The summed E-state index contributed by atoms with van der Waals surface area (Å²) in [7, 11) is -8.55. The molecule has 0 unspecified atom stereocenters. The summed E-state index contributed by atoms with van der Waals surface area (Å²) in [6.45, 7) is 0. The van der Waals surface area contributed by atoms with E-state index in [1.54, 1.807) is 0 Å². The van der Waals surface area contributed by atoms with Gasteiger partial charge in [0, 0.05) is 0 Å². The Hall–Kier alpha value is -1.24. The highest BCUT2D eigenvalue weighted by Gasteiger charge is 2.16. The van der Waals surface area contributed by atoms with Gasteiger partial charge in [0.15, 0.2) is 0 Å². The molecular formula is C3H8N4O6S2. The van der Waals surface area contributed by atoms with E-state index in [0.717, 1.165) is 0 Å². The fourth-order valence-electron chi connectivity index (χ4n) is 0.535. The van der Waals surface area contributed by atoms with Crippen LogP contribution in [0.4, 0.5) is 0 Å². The van der Waals surface area contributed by atoms with Crippen LogP contribution in [0.3, 0.4) is 0 Å². The average Bonchev–Trinajstić information content (AvgIpc) is 1.73. The molecule has 0 spiro atoms. The molecule has 0 aromatic carbocycles. The van der Waals surface area contributed by atoms with E-state index in [2.05, 4.69) is 10.3 Å². The number of amides is 2. The molecule has 0 saturated heterocycles. The second-order valence-corrected chi connectivity index (χ2v) is 4.91. The van der Waals surface area contributed by atoms with Crippen LogP contribution in [0.15, 0.2) is 0 Å². The van der Waals surface area contributed by atoms with E-state index in [0.29, 0.717) is 0 Å². The molecule has 0 radical (unpaired) electrons. The maximum Gasteiger partial charge on any atom is 0.298 e. The third kappa shape index (κ3) is 9.07. The predicted molar refractivity (Wildman–Crippen MR) is 47.1 cm³/mol. The van der Waals surface area contributed by atoms with Crippen molar-refractivity contribution in [3.8, 4) is 0 Å². The highest BCUT2D eigenvalue weighted by molar-refractivity contribution is 7.88. The average molecular weight is 260 g/mol. The minimum Gasteiger partial charge on any atom is -0.273 e. The van der Waals surface area contributed by atoms with Crippen molar-refractivity contribution in [2.75, 3.05) is 0 Å². The number of nitrogens with two attached hydrogens (primary N) is 2. The van der Waals surface area contributed by atoms with Gasteiger partial charge in [-0.05, 0) is 0 Å². The van der Waals surface area contributed by atoms with Gasteiger partial charge in [-0.1, -0.05) is 0 Å². The molecule has 0 saturated carbocycles. The van der Waals surface area contributed by atoms with Crippen LogP contribution in [0, 0.1) is 0 Å². The molecule has 0 heterocycles. The van der Waals surface area contributed by atoms with E-state index in [1.165, 1.54) is 9.44 Å². The van der Waals surface area contributed by atoms with E-state index in [1.807, 2.05) is 0 Å². The topological polar surface area (TPSA) is 179 Å². The zero-order chi connectivity index (χ0) is 12.3. The van der Waals surface area contributed by atoms with Gasteiger partial charge >= 0.3 is 0 Å². The second kappa shape index (κ2) is 4.52. The monoisotopic (exact) mass is 260 g/mol. The van der Waals surface area contributed by atoms with Crippen molar-refractivity contribution in [3.05, 3.63) is 0 Å². The Morgan fingerprint density at radius 2 is 1.13 bits per heavy atom. The molecule has 0 aliphatic heterocycles. The van der Waals surface area contributed by atoms with Crippen LogP contribution in [0.5, 0.6) is 0 Å². The summed E-state index contributed by atoms with van der Waals surface area (Å²) >= 11 is 0. The first kappa shape index (κ1) is 13.8. The normalized spacial score (nSPS) is 11.9. The summed E-state index contributed by atoms with van der Waals surface area (Å²) in [5.41, 5.74) is 0. The van der Waals surface area contributed by atoms with Crippen molar-refractivity contribution in [1.29, 1.82) is 0 Å². The van der Waals surface area contributed by atoms with E-state index in [9.17, 15) is 26.4 Å². The van der Waals surface area contributed by atoms with Gasteiger partial charge in [-0.2, -0.15) is 16.8 Å². The molecule has 88 valence electrons. The highest BCUT2D eigenvalue weighted by Crippen LogP contribution is 1.83. The first-order valence-electron chi connectivity index (χ1n) is 3.16. The van der Waals surface area contributed by atoms with Crippen molar-refractivity contribution >= 4 is 32.2 Å². The standard InChI is InChI=1S/C3H8N4O6S2/c4-14(10,11)6-2(8)1-3(9)7-15(5,12)13/h1H2,(H,6,8)(H,7,9)(H2,4,10,11)(H2,5,12,13). The molecule has 12 heteroatoms. The van der Waals surface area contributed by atoms with Crippen molar-refractivity contribution in [2.45, 2.75) is 6.42 Å². The van der Waals surface area contributed by atoms with Crippen molar-refractivity contribution in [1.82, 2.24) is 9.44 Å². The van der Waals surface area contributed by atoms with Gasteiger partial charge in [0.25, 0.3) is 20.4 Å². The molecule has 0 aliphatic carbocycles. The zero-order valence-electron chi connectivity index (χ0n) is 7.13. The number of nitrogens with one attached hydrogen (secondary N) is 2. The molecule has 0 bridgehead atoms. The molecule has 10 nitrogen and oxygen atoms in total. The highest BCUT2D eigenvalue weighted by atomic mass is 32.2. The molecule has 0 atom stereocenters. The molecule has 15 heavy (non-hydrogen) atoms. The van der Waals surface area contributed by atoms with Crippen LogP contribution >= 0.6 is 0 Å². The quantitative estimate of drug-likeness (QED) is 0.374. The Bertz CT molecular complexity index is 419. The summed E-state index contributed by atoms with van der Waals surface area (Å²) < 4.78 is 43.6. The lowest BCUT2D eigenvalue weighted by Gasteiger charge is -2.02. The summed E-state index contributed by atoms with van der Waals surface area (Å²) in [5.74, 6) is -2.56. The van der Waals surface area contributed by atoms with E-state index in [4.69, 9.17) is 0 Å². The van der Waals surface area contributed by atoms with Gasteiger partial charge in [-0.15, -0.1) is 0 Å². The van der Waals surface area contributed by atoms with Crippen LogP contribution in [0.2, 0.25) is 0 Å². The van der Waals surface area contributed by atoms with Gasteiger partial charge in [0.05, 0.1) is 0 Å².